The minimum absolute atomic E-state index is 0.0918. The van der Waals surface area contributed by atoms with Gasteiger partial charge < -0.3 is 10.2 Å². The van der Waals surface area contributed by atoms with Crippen molar-refractivity contribution >= 4 is 27.3 Å². The van der Waals surface area contributed by atoms with E-state index in [2.05, 4.69) is 29.2 Å². The summed E-state index contributed by atoms with van der Waals surface area (Å²) in [6, 6.07) is 1.52. The second-order valence-electron chi connectivity index (χ2n) is 8.05. The Hall–Kier alpha value is -1.96. The van der Waals surface area contributed by atoms with E-state index < -0.39 is 0 Å². The Kier molecular flexibility index (Phi) is 4.92. The maximum Gasteiger partial charge on any atom is 0.275 e. The normalized spacial score (nSPS) is 28.6. The van der Waals surface area contributed by atoms with Crippen molar-refractivity contribution in [1.29, 1.82) is 0 Å². The Morgan fingerprint density at radius 1 is 1.26 bits per heavy atom. The molecule has 4 atom stereocenters. The monoisotopic (exact) mass is 389 g/mol. The van der Waals surface area contributed by atoms with Gasteiger partial charge in [0, 0.05) is 24.3 Å². The van der Waals surface area contributed by atoms with Crippen LogP contribution in [0.3, 0.4) is 0 Å². The molecule has 0 radical (unpaired) electrons. The number of hydrogen-bond acceptors (Lipinski definition) is 6. The van der Waals surface area contributed by atoms with Gasteiger partial charge in [0.2, 0.25) is 16.0 Å². The lowest BCUT2D eigenvalue weighted by molar-refractivity contribution is -0.123. The van der Waals surface area contributed by atoms with E-state index in [-0.39, 0.29) is 23.6 Å². The summed E-state index contributed by atoms with van der Waals surface area (Å²) >= 11 is 1.38. The third-order valence-corrected chi connectivity index (χ3v) is 7.14. The number of hydrogen-bond donors (Lipinski definition) is 1. The van der Waals surface area contributed by atoms with E-state index in [1.807, 2.05) is 4.90 Å². The molecule has 1 amide bonds. The Morgan fingerprint density at radius 3 is 2.89 bits per heavy atom. The number of nitrogens with zero attached hydrogens (tertiary/aromatic N) is 4. The molecule has 0 aromatic carbocycles. The molecule has 7 nitrogen and oxygen atoms in total. The van der Waals surface area contributed by atoms with Crippen LogP contribution in [0.5, 0.6) is 0 Å². The molecule has 0 bridgehead atoms. The van der Waals surface area contributed by atoms with Crippen LogP contribution >= 0.6 is 11.3 Å². The SMILES string of the molecule is Cc1cc(=O)n2nc(N3CCC[C@@H]3C(=O)N[C@@H]3CCC[C@H](C)[C@@H]3C)sc2n1. The molecule has 2 fully saturated rings. The molecule has 0 spiro atoms. The van der Waals surface area contributed by atoms with Crippen molar-refractivity contribution in [2.24, 2.45) is 11.8 Å². The fourth-order valence-electron chi connectivity index (χ4n) is 4.36. The summed E-state index contributed by atoms with van der Waals surface area (Å²) in [5, 5.41) is 8.46. The van der Waals surface area contributed by atoms with Gasteiger partial charge in [-0.2, -0.15) is 4.52 Å². The first-order chi connectivity index (χ1) is 12.9. The predicted molar refractivity (Wildman–Crippen MR) is 106 cm³/mol. The fraction of sp³-hybridized carbons (Fsp3) is 0.684. The topological polar surface area (TPSA) is 79.6 Å². The first-order valence-electron chi connectivity index (χ1n) is 9.88. The van der Waals surface area contributed by atoms with Crippen LogP contribution in [-0.2, 0) is 4.79 Å². The first-order valence-corrected chi connectivity index (χ1v) is 10.7. The molecule has 1 N–H and O–H groups in total. The van der Waals surface area contributed by atoms with Gasteiger partial charge in [-0.05, 0) is 38.0 Å². The summed E-state index contributed by atoms with van der Waals surface area (Å²) in [6.07, 6.45) is 5.25. The van der Waals surface area contributed by atoms with E-state index in [1.54, 1.807) is 6.92 Å². The van der Waals surface area contributed by atoms with Crippen LogP contribution in [0.15, 0.2) is 10.9 Å². The number of aryl methyl sites for hydroxylation is 1. The number of rotatable bonds is 3. The lowest BCUT2D eigenvalue weighted by Gasteiger charge is -2.36. The molecule has 1 saturated carbocycles. The Labute approximate surface area is 162 Å². The molecule has 0 unspecified atom stereocenters. The molecular formula is C19H27N5O2S. The molecular weight excluding hydrogens is 362 g/mol. The van der Waals surface area contributed by atoms with Crippen molar-refractivity contribution in [1.82, 2.24) is 19.9 Å². The highest BCUT2D eigenvalue weighted by molar-refractivity contribution is 7.20. The van der Waals surface area contributed by atoms with Crippen molar-refractivity contribution in [2.45, 2.75) is 65.0 Å². The Bertz CT molecular complexity index is 907. The van der Waals surface area contributed by atoms with Crippen molar-refractivity contribution < 1.29 is 4.79 Å². The fourth-order valence-corrected chi connectivity index (χ4v) is 5.39. The number of carbonyl (C=O) groups is 1. The molecule has 146 valence electrons. The number of carbonyl (C=O) groups excluding carboxylic acids is 1. The van der Waals surface area contributed by atoms with Gasteiger partial charge in [0.25, 0.3) is 5.56 Å². The van der Waals surface area contributed by atoms with E-state index >= 15 is 0 Å². The summed E-state index contributed by atoms with van der Waals surface area (Å²) in [6.45, 7) is 7.11. The minimum atomic E-state index is -0.216. The van der Waals surface area contributed by atoms with Crippen molar-refractivity contribution in [2.75, 3.05) is 11.4 Å². The molecule has 4 rings (SSSR count). The summed E-state index contributed by atoms with van der Waals surface area (Å²) in [5.41, 5.74) is 0.511. The van der Waals surface area contributed by atoms with Gasteiger partial charge in [-0.15, -0.1) is 5.10 Å². The molecule has 2 aromatic heterocycles. The molecule has 1 aliphatic heterocycles. The van der Waals surface area contributed by atoms with E-state index in [4.69, 9.17) is 0 Å². The maximum atomic E-state index is 13.0. The zero-order valence-corrected chi connectivity index (χ0v) is 17.0. The van der Waals surface area contributed by atoms with Gasteiger partial charge in [-0.1, -0.05) is 38.0 Å². The highest BCUT2D eigenvalue weighted by Gasteiger charge is 2.36. The zero-order valence-electron chi connectivity index (χ0n) is 16.1. The average molecular weight is 390 g/mol. The van der Waals surface area contributed by atoms with E-state index in [0.29, 0.717) is 27.6 Å². The molecule has 2 aromatic rings. The summed E-state index contributed by atoms with van der Waals surface area (Å²) in [4.78, 5) is 32.2. The van der Waals surface area contributed by atoms with Gasteiger partial charge in [-0.25, -0.2) is 4.98 Å². The molecule has 2 aliphatic rings. The van der Waals surface area contributed by atoms with Gasteiger partial charge in [0.15, 0.2) is 0 Å². The summed E-state index contributed by atoms with van der Waals surface area (Å²) < 4.78 is 1.34. The van der Waals surface area contributed by atoms with E-state index in [1.165, 1.54) is 34.8 Å². The molecule has 1 aliphatic carbocycles. The van der Waals surface area contributed by atoms with Crippen molar-refractivity contribution in [3.63, 3.8) is 0 Å². The van der Waals surface area contributed by atoms with E-state index in [9.17, 15) is 9.59 Å². The van der Waals surface area contributed by atoms with Gasteiger partial charge in [0.05, 0.1) is 0 Å². The Morgan fingerprint density at radius 2 is 2.07 bits per heavy atom. The molecule has 8 heteroatoms. The van der Waals surface area contributed by atoms with Gasteiger partial charge >= 0.3 is 0 Å². The molecule has 3 heterocycles. The standard InChI is InChI=1S/C19H27N5O2S/c1-11-6-4-7-14(13(11)3)21-17(26)15-8-5-9-23(15)19-22-24-16(25)10-12(2)20-18(24)27-19/h10-11,13-15H,4-9H2,1-3H3,(H,21,26)/t11-,13-,14+,15+/m0/s1. The zero-order chi connectivity index (χ0) is 19.1. The second kappa shape index (κ2) is 7.22. The lowest BCUT2D eigenvalue weighted by atomic mass is 9.78. The second-order valence-corrected chi connectivity index (χ2v) is 8.98. The molecule has 27 heavy (non-hydrogen) atoms. The third-order valence-electron chi connectivity index (χ3n) is 6.20. The number of nitrogens with one attached hydrogen (secondary N) is 1. The Balaban J connectivity index is 1.54. The van der Waals surface area contributed by atoms with Crippen LogP contribution in [0.2, 0.25) is 0 Å². The van der Waals surface area contributed by atoms with Gasteiger partial charge in [-0.3, -0.25) is 9.59 Å². The molecule has 1 saturated heterocycles. The van der Waals surface area contributed by atoms with Crippen LogP contribution in [0.4, 0.5) is 5.13 Å². The highest BCUT2D eigenvalue weighted by Crippen LogP contribution is 2.32. The quantitative estimate of drug-likeness (QED) is 0.872. The van der Waals surface area contributed by atoms with Gasteiger partial charge in [0.1, 0.15) is 6.04 Å². The maximum absolute atomic E-state index is 13.0. The van der Waals surface area contributed by atoms with Crippen molar-refractivity contribution in [3.05, 3.63) is 22.1 Å². The summed E-state index contributed by atoms with van der Waals surface area (Å²) in [7, 11) is 0. The largest absolute Gasteiger partial charge is 0.351 e. The van der Waals surface area contributed by atoms with Crippen LogP contribution < -0.4 is 15.8 Å². The van der Waals surface area contributed by atoms with Crippen molar-refractivity contribution in [3.8, 4) is 0 Å². The minimum Gasteiger partial charge on any atom is -0.351 e. The highest BCUT2D eigenvalue weighted by atomic mass is 32.1. The van der Waals surface area contributed by atoms with E-state index in [0.717, 1.165) is 25.8 Å². The first kappa shape index (κ1) is 18.4. The van der Waals surface area contributed by atoms with Crippen LogP contribution in [0, 0.1) is 18.8 Å². The third kappa shape index (κ3) is 3.47. The number of fused-ring (bicyclic) bond motifs is 1. The lowest BCUT2D eigenvalue weighted by Crippen LogP contribution is -2.50. The number of anilines is 1. The number of amides is 1. The average Bonchev–Trinajstić information content (AvgIpc) is 3.25. The van der Waals surface area contributed by atoms with Crippen LogP contribution in [-0.4, -0.2) is 39.1 Å². The number of aromatic nitrogens is 3. The smallest absolute Gasteiger partial charge is 0.275 e. The van der Waals surface area contributed by atoms with Crippen LogP contribution in [0.1, 0.15) is 51.6 Å². The predicted octanol–water partition coefficient (Wildman–Crippen LogP) is 2.37. The summed E-state index contributed by atoms with van der Waals surface area (Å²) in [5.74, 6) is 1.24. The van der Waals surface area contributed by atoms with Crippen LogP contribution in [0.25, 0.3) is 4.96 Å².